The average molecular weight is 476 g/mol. The SMILES string of the molecule is CC(O/N=C(/C(=O)NC1C(=O)N2C(C(=O)O)=CCS[C@H]12)c1nc(N)sc1Cl)C(=O)O. The van der Waals surface area contributed by atoms with Crippen LogP contribution in [0.5, 0.6) is 0 Å². The maximum absolute atomic E-state index is 12.8. The quantitative estimate of drug-likeness (QED) is 0.236. The first-order valence-corrected chi connectivity index (χ1v) is 10.4. The maximum atomic E-state index is 12.8. The summed E-state index contributed by atoms with van der Waals surface area (Å²) in [4.78, 5) is 57.3. The number of amides is 2. The smallest absolute Gasteiger partial charge is 0.352 e. The van der Waals surface area contributed by atoms with Crippen LogP contribution in [-0.4, -0.2) is 72.8 Å². The van der Waals surface area contributed by atoms with Gasteiger partial charge in [-0.1, -0.05) is 28.1 Å². The molecular weight excluding hydrogens is 462 g/mol. The van der Waals surface area contributed by atoms with Gasteiger partial charge in [-0.05, 0) is 13.0 Å². The lowest BCUT2D eigenvalue weighted by Gasteiger charge is -2.48. The van der Waals surface area contributed by atoms with Crippen LogP contribution in [0.2, 0.25) is 4.34 Å². The Morgan fingerprint density at radius 2 is 2.17 bits per heavy atom. The number of carboxylic acids is 2. The van der Waals surface area contributed by atoms with Crippen LogP contribution in [-0.2, 0) is 24.0 Å². The van der Waals surface area contributed by atoms with Crippen LogP contribution >= 0.6 is 34.7 Å². The fourth-order valence-corrected chi connectivity index (χ4v) is 4.70. The summed E-state index contributed by atoms with van der Waals surface area (Å²) in [5.74, 6) is -3.75. The first-order chi connectivity index (χ1) is 14.1. The summed E-state index contributed by atoms with van der Waals surface area (Å²) in [6, 6.07) is -1.03. The van der Waals surface area contributed by atoms with E-state index < -0.39 is 47.0 Å². The molecule has 0 spiro atoms. The molecule has 160 valence electrons. The number of hydrogen-bond donors (Lipinski definition) is 4. The number of rotatable bonds is 7. The predicted octanol–water partition coefficient (Wildman–Crippen LogP) is -0.0591. The lowest BCUT2D eigenvalue weighted by molar-refractivity contribution is -0.150. The van der Waals surface area contributed by atoms with Crippen molar-refractivity contribution in [3.8, 4) is 0 Å². The van der Waals surface area contributed by atoms with Gasteiger partial charge >= 0.3 is 11.9 Å². The van der Waals surface area contributed by atoms with E-state index in [9.17, 15) is 24.3 Å². The second kappa shape index (κ2) is 8.49. The molecule has 5 N–H and O–H groups in total. The van der Waals surface area contributed by atoms with E-state index in [2.05, 4.69) is 15.5 Å². The summed E-state index contributed by atoms with van der Waals surface area (Å²) in [6.07, 6.45) is 0.0335. The number of hydrogen-bond acceptors (Lipinski definition) is 10. The van der Waals surface area contributed by atoms with Gasteiger partial charge in [0.25, 0.3) is 11.8 Å². The van der Waals surface area contributed by atoms with Crippen molar-refractivity contribution in [1.29, 1.82) is 0 Å². The summed E-state index contributed by atoms with van der Waals surface area (Å²) < 4.78 is 0.0117. The lowest BCUT2D eigenvalue weighted by atomic mass is 10.0. The number of nitrogens with one attached hydrogen (secondary N) is 1. The van der Waals surface area contributed by atoms with Crippen molar-refractivity contribution in [2.75, 3.05) is 11.5 Å². The number of oxime groups is 1. The van der Waals surface area contributed by atoms with Crippen LogP contribution in [0.15, 0.2) is 16.9 Å². The molecule has 0 saturated carbocycles. The van der Waals surface area contributed by atoms with Gasteiger partial charge < -0.3 is 26.1 Å². The number of fused-ring (bicyclic) bond motifs is 1. The number of β-lactam (4-membered cyclic amide) rings is 1. The van der Waals surface area contributed by atoms with Crippen LogP contribution in [0.3, 0.4) is 0 Å². The predicted molar refractivity (Wildman–Crippen MR) is 107 cm³/mol. The zero-order chi connectivity index (χ0) is 22.2. The molecule has 0 aromatic carbocycles. The number of anilines is 1. The number of carboxylic acid groups (broad SMARTS) is 2. The minimum absolute atomic E-state index is 0.0117. The van der Waals surface area contributed by atoms with Gasteiger partial charge in [0.2, 0.25) is 6.10 Å². The van der Waals surface area contributed by atoms with Gasteiger partial charge in [-0.2, -0.15) is 0 Å². The second-order valence-electron chi connectivity index (χ2n) is 5.98. The first kappa shape index (κ1) is 21.9. The van der Waals surface area contributed by atoms with Crippen molar-refractivity contribution in [3.05, 3.63) is 21.8 Å². The summed E-state index contributed by atoms with van der Waals surface area (Å²) in [7, 11) is 0. The summed E-state index contributed by atoms with van der Waals surface area (Å²) in [5, 5.41) is 23.6. The molecule has 1 aromatic rings. The van der Waals surface area contributed by atoms with E-state index in [1.54, 1.807) is 0 Å². The molecule has 1 saturated heterocycles. The van der Waals surface area contributed by atoms with Gasteiger partial charge in [0.1, 0.15) is 27.1 Å². The number of carbonyl (C=O) groups is 4. The molecule has 1 aromatic heterocycles. The molecule has 15 heteroatoms. The van der Waals surface area contributed by atoms with Gasteiger partial charge in [0, 0.05) is 5.75 Å². The minimum atomic E-state index is -1.37. The standard InChI is InChI=1S/C15H14ClN5O7S2/c1-4(13(24)25)28-20-7(6-9(16)30-15(17)19-6)10(22)18-8-11(23)21-5(14(26)27)2-3-29-12(8)21/h2,4,8,12H,3H2,1H3,(H2,17,19)(H,18,22)(H,24,25)(H,26,27)/b20-7+/t4?,8?,12-/m1/s1. The van der Waals surface area contributed by atoms with Crippen molar-refractivity contribution >= 4 is 69.3 Å². The highest BCUT2D eigenvalue weighted by Crippen LogP contribution is 2.37. The van der Waals surface area contributed by atoms with Gasteiger partial charge in [-0.3, -0.25) is 14.5 Å². The Hall–Kier alpha value is -2.84. The Balaban J connectivity index is 1.82. The number of carbonyl (C=O) groups excluding carboxylic acids is 2. The Labute approximate surface area is 181 Å². The van der Waals surface area contributed by atoms with Crippen molar-refractivity contribution < 1.29 is 34.2 Å². The molecule has 30 heavy (non-hydrogen) atoms. The molecule has 2 amide bonds. The Kier molecular flexibility index (Phi) is 6.19. The van der Waals surface area contributed by atoms with E-state index in [4.69, 9.17) is 27.3 Å². The molecule has 0 radical (unpaired) electrons. The third-order valence-corrected chi connectivity index (χ3v) is 6.31. The van der Waals surface area contributed by atoms with E-state index >= 15 is 0 Å². The highest BCUT2D eigenvalue weighted by molar-refractivity contribution is 8.00. The number of thioether (sulfide) groups is 1. The molecule has 1 fully saturated rings. The van der Waals surface area contributed by atoms with E-state index in [0.29, 0.717) is 5.75 Å². The fourth-order valence-electron chi connectivity index (χ4n) is 2.58. The van der Waals surface area contributed by atoms with E-state index in [1.165, 1.54) is 24.8 Å². The van der Waals surface area contributed by atoms with Crippen LogP contribution < -0.4 is 11.1 Å². The molecule has 3 heterocycles. The van der Waals surface area contributed by atoms with Crippen molar-refractivity contribution in [2.45, 2.75) is 24.4 Å². The molecule has 3 atom stereocenters. The van der Waals surface area contributed by atoms with Gasteiger partial charge in [0.05, 0.1) is 0 Å². The summed E-state index contributed by atoms with van der Waals surface area (Å²) in [6.45, 7) is 1.20. The third-order valence-electron chi connectivity index (χ3n) is 4.04. The number of aromatic nitrogens is 1. The van der Waals surface area contributed by atoms with Crippen LogP contribution in [0.25, 0.3) is 0 Å². The third kappa shape index (κ3) is 4.06. The van der Waals surface area contributed by atoms with Gasteiger partial charge in [0.15, 0.2) is 10.8 Å². The highest BCUT2D eigenvalue weighted by atomic mass is 35.5. The monoisotopic (exact) mass is 475 g/mol. The molecule has 2 aliphatic rings. The van der Waals surface area contributed by atoms with Crippen molar-refractivity contribution in [1.82, 2.24) is 15.2 Å². The minimum Gasteiger partial charge on any atom is -0.478 e. The molecule has 3 rings (SSSR count). The number of thiazole rings is 1. The Morgan fingerprint density at radius 3 is 2.73 bits per heavy atom. The second-order valence-corrected chi connectivity index (χ2v) is 8.76. The van der Waals surface area contributed by atoms with Crippen LogP contribution in [0, 0.1) is 0 Å². The van der Waals surface area contributed by atoms with Crippen molar-refractivity contribution in [2.24, 2.45) is 5.16 Å². The highest BCUT2D eigenvalue weighted by Gasteiger charge is 2.53. The summed E-state index contributed by atoms with van der Waals surface area (Å²) in [5.41, 5.74) is 4.82. The first-order valence-electron chi connectivity index (χ1n) is 8.19. The Bertz CT molecular complexity index is 994. The van der Waals surface area contributed by atoms with Gasteiger partial charge in [-0.15, -0.1) is 11.8 Å². The molecule has 0 bridgehead atoms. The number of halogens is 1. The van der Waals surface area contributed by atoms with Crippen LogP contribution in [0.1, 0.15) is 12.6 Å². The van der Waals surface area contributed by atoms with E-state index in [0.717, 1.165) is 16.2 Å². The number of nitrogen functional groups attached to an aromatic ring is 1. The zero-order valence-corrected chi connectivity index (χ0v) is 17.5. The van der Waals surface area contributed by atoms with Gasteiger partial charge in [-0.25, -0.2) is 14.6 Å². The Morgan fingerprint density at radius 1 is 1.47 bits per heavy atom. The molecular formula is C15H14ClN5O7S2. The number of aliphatic carboxylic acids is 2. The average Bonchev–Trinajstić information content (AvgIpc) is 3.02. The molecule has 2 unspecified atom stereocenters. The van der Waals surface area contributed by atoms with Crippen LogP contribution in [0.4, 0.5) is 5.13 Å². The maximum Gasteiger partial charge on any atom is 0.352 e. The zero-order valence-electron chi connectivity index (χ0n) is 15.1. The van der Waals surface area contributed by atoms with E-state index in [1.807, 2.05) is 0 Å². The lowest BCUT2D eigenvalue weighted by Crippen LogP contribution is -2.70. The molecule has 0 aliphatic carbocycles. The number of nitrogens with zero attached hydrogens (tertiary/aromatic N) is 3. The summed E-state index contributed by atoms with van der Waals surface area (Å²) >= 11 is 8.16. The fraction of sp³-hybridized carbons (Fsp3) is 0.333. The number of nitrogens with two attached hydrogens (primary N) is 1. The van der Waals surface area contributed by atoms with E-state index in [-0.39, 0.29) is 20.9 Å². The topological polar surface area (TPSA) is 185 Å². The molecule has 12 nitrogen and oxygen atoms in total. The largest absolute Gasteiger partial charge is 0.478 e. The van der Waals surface area contributed by atoms with Crippen molar-refractivity contribution in [3.63, 3.8) is 0 Å². The molecule has 2 aliphatic heterocycles. The normalized spacial score (nSPS) is 21.8.